The van der Waals surface area contributed by atoms with Crippen molar-refractivity contribution < 1.29 is 4.39 Å². The molecule has 3 aromatic rings. The number of hydrazine groups is 2. The summed E-state index contributed by atoms with van der Waals surface area (Å²) in [5.41, 5.74) is 10.8. The Morgan fingerprint density at radius 1 is 1.13 bits per heavy atom. The molecule has 0 amide bonds. The first-order valence-electron chi connectivity index (χ1n) is 15.1. The van der Waals surface area contributed by atoms with Crippen LogP contribution in [0.15, 0.2) is 78.9 Å². The summed E-state index contributed by atoms with van der Waals surface area (Å²) >= 11 is 12.8. The molecule has 1 aromatic carbocycles. The predicted molar refractivity (Wildman–Crippen MR) is 185 cm³/mol. The van der Waals surface area contributed by atoms with Crippen LogP contribution in [0.3, 0.4) is 0 Å². The number of rotatable bonds is 9. The van der Waals surface area contributed by atoms with Crippen LogP contribution in [-0.4, -0.2) is 50.6 Å². The molecule has 1 atom stereocenters. The molecule has 46 heavy (non-hydrogen) atoms. The number of anilines is 3. The molecular weight excluding hydrogens is 624 g/mol. The van der Waals surface area contributed by atoms with Crippen molar-refractivity contribution in [2.75, 3.05) is 23.7 Å². The van der Waals surface area contributed by atoms with Crippen molar-refractivity contribution in [1.82, 2.24) is 30.8 Å². The molecule has 0 aliphatic carbocycles. The fraction of sp³-hybridized carbons (Fsp3) is 0.324. The van der Waals surface area contributed by atoms with Crippen molar-refractivity contribution in [3.63, 3.8) is 0 Å². The number of allylic oxidation sites excluding steroid dienone is 3. The summed E-state index contributed by atoms with van der Waals surface area (Å²) in [7, 11) is 0. The van der Waals surface area contributed by atoms with Crippen molar-refractivity contribution in [1.29, 1.82) is 5.26 Å². The van der Waals surface area contributed by atoms with Gasteiger partial charge in [-0.3, -0.25) is 14.9 Å². The summed E-state index contributed by atoms with van der Waals surface area (Å²) in [5, 5.41) is 19.6. The lowest BCUT2D eigenvalue weighted by Gasteiger charge is -2.42. The van der Waals surface area contributed by atoms with Gasteiger partial charge in [0.2, 0.25) is 5.95 Å². The Morgan fingerprint density at radius 3 is 2.54 bits per heavy atom. The number of likely N-dealkylation sites (tertiary alicyclic amines) is 1. The number of hydrogen-bond acceptors (Lipinski definition) is 9. The van der Waals surface area contributed by atoms with Crippen LogP contribution in [-0.2, 0) is 0 Å². The van der Waals surface area contributed by atoms with E-state index in [1.807, 2.05) is 37.3 Å². The lowest BCUT2D eigenvalue weighted by Crippen LogP contribution is -2.52. The van der Waals surface area contributed by atoms with Crippen molar-refractivity contribution in [2.24, 2.45) is 0 Å². The number of pyridine rings is 2. The zero-order valence-corrected chi connectivity index (χ0v) is 27.8. The van der Waals surface area contributed by atoms with E-state index in [2.05, 4.69) is 81.1 Å². The summed E-state index contributed by atoms with van der Waals surface area (Å²) in [6.07, 6.45) is 14.7. The SMILES string of the molecule is C=C(/C=C\C=C/C)[C@H](Nc1cc(Cl)c2ncc(C#N)c(Nc3cnc(F)c(Cl)c3)c2c1)C1=CN(C2CCN(C(C)(C)C)CC2)NN1. The van der Waals surface area contributed by atoms with Crippen LogP contribution in [0.4, 0.5) is 21.5 Å². The first kappa shape index (κ1) is 33.2. The first-order valence-corrected chi connectivity index (χ1v) is 15.9. The molecule has 2 aliphatic rings. The Labute approximate surface area is 279 Å². The Bertz CT molecular complexity index is 1750. The van der Waals surface area contributed by atoms with E-state index in [9.17, 15) is 9.65 Å². The zero-order chi connectivity index (χ0) is 33.0. The second-order valence-electron chi connectivity index (χ2n) is 12.3. The molecular formula is C34H38Cl2FN9. The molecule has 0 unspecified atom stereocenters. The van der Waals surface area contributed by atoms with Crippen LogP contribution < -0.4 is 21.6 Å². The average molecular weight is 663 g/mol. The van der Waals surface area contributed by atoms with E-state index in [0.29, 0.717) is 39.0 Å². The Balaban J connectivity index is 1.47. The fourth-order valence-electron chi connectivity index (χ4n) is 5.62. The number of hydrogen-bond donors (Lipinski definition) is 4. The fourth-order valence-corrected chi connectivity index (χ4v) is 6.06. The number of nitrogens with zero attached hydrogens (tertiary/aromatic N) is 5. The minimum absolute atomic E-state index is 0.144. The minimum atomic E-state index is -0.783. The van der Waals surface area contributed by atoms with Gasteiger partial charge in [-0.25, -0.2) is 4.98 Å². The number of fused-ring (bicyclic) bond motifs is 1. The number of nitriles is 1. The Morgan fingerprint density at radius 2 is 1.87 bits per heavy atom. The molecule has 2 aromatic heterocycles. The molecule has 4 N–H and O–H groups in total. The summed E-state index contributed by atoms with van der Waals surface area (Å²) < 4.78 is 13.7. The van der Waals surface area contributed by atoms with E-state index in [1.165, 1.54) is 18.5 Å². The van der Waals surface area contributed by atoms with E-state index in [1.54, 1.807) is 6.07 Å². The highest BCUT2D eigenvalue weighted by Crippen LogP contribution is 2.36. The molecule has 0 spiro atoms. The average Bonchev–Trinajstić information content (AvgIpc) is 3.52. The molecule has 0 saturated carbocycles. The second kappa shape index (κ2) is 14.1. The van der Waals surface area contributed by atoms with E-state index in [4.69, 9.17) is 23.2 Å². The predicted octanol–water partition coefficient (Wildman–Crippen LogP) is 7.59. The number of piperidine rings is 1. The molecule has 5 rings (SSSR count). The smallest absolute Gasteiger partial charge is 0.231 e. The third kappa shape index (κ3) is 7.45. The zero-order valence-electron chi connectivity index (χ0n) is 26.3. The highest BCUT2D eigenvalue weighted by Gasteiger charge is 2.32. The van der Waals surface area contributed by atoms with Gasteiger partial charge in [-0.2, -0.15) is 9.65 Å². The molecule has 0 bridgehead atoms. The monoisotopic (exact) mass is 661 g/mol. The number of nitrogens with one attached hydrogen (secondary N) is 4. The number of halogens is 3. The van der Waals surface area contributed by atoms with E-state index < -0.39 is 5.95 Å². The molecule has 0 radical (unpaired) electrons. The Kier molecular flexibility index (Phi) is 10.2. The molecule has 1 fully saturated rings. The van der Waals surface area contributed by atoms with Crippen LogP contribution >= 0.6 is 23.2 Å². The lowest BCUT2D eigenvalue weighted by atomic mass is 9.98. The first-order chi connectivity index (χ1) is 22.0. The van der Waals surface area contributed by atoms with Gasteiger partial charge >= 0.3 is 0 Å². The van der Waals surface area contributed by atoms with Gasteiger partial charge in [0.15, 0.2) is 0 Å². The van der Waals surface area contributed by atoms with Gasteiger partial charge in [0.1, 0.15) is 6.07 Å². The normalized spacial score (nSPS) is 16.9. The largest absolute Gasteiger partial charge is 0.373 e. The van der Waals surface area contributed by atoms with Crippen LogP contribution in [0.2, 0.25) is 10.0 Å². The molecule has 9 nitrogen and oxygen atoms in total. The summed E-state index contributed by atoms with van der Waals surface area (Å²) in [4.78, 5) is 10.7. The van der Waals surface area contributed by atoms with Crippen molar-refractivity contribution in [3.05, 3.63) is 101 Å². The van der Waals surface area contributed by atoms with Gasteiger partial charge in [0, 0.05) is 48.1 Å². The van der Waals surface area contributed by atoms with Gasteiger partial charge in [-0.1, -0.05) is 54.1 Å². The number of aromatic nitrogens is 2. The van der Waals surface area contributed by atoms with Crippen molar-refractivity contribution in [3.8, 4) is 6.07 Å². The molecule has 2 aliphatic heterocycles. The molecule has 1 saturated heterocycles. The topological polar surface area (TPSA) is 104 Å². The van der Waals surface area contributed by atoms with Crippen LogP contribution in [0.1, 0.15) is 46.1 Å². The Hall–Kier alpha value is -4.14. The summed E-state index contributed by atoms with van der Waals surface area (Å²) in [5.74, 6) is -0.783. The highest BCUT2D eigenvalue weighted by molar-refractivity contribution is 6.36. The van der Waals surface area contributed by atoms with Gasteiger partial charge in [-0.15, -0.1) is 5.53 Å². The van der Waals surface area contributed by atoms with Crippen LogP contribution in [0.5, 0.6) is 0 Å². The van der Waals surface area contributed by atoms with Crippen molar-refractivity contribution >= 4 is 51.2 Å². The summed E-state index contributed by atoms with van der Waals surface area (Å²) in [6, 6.07) is 7.22. The standard InChI is InChI=1S/C34H38Cl2FN9/c1-6-7-8-9-21(2)30(29-20-46(44-43-29)25-10-12-45(13-11-25)34(3,4)5)41-23-14-26-31(42-24-16-28(36)33(37)40-19-24)22(17-38)18-39-32(26)27(35)15-23/h6-9,14-16,18-20,25,30,41,43-44H,2,10-13H2,1,3-5H3,(H,39,42)/b7-6-,9-8-/t30-/m0/s1. The lowest BCUT2D eigenvalue weighted by molar-refractivity contribution is 0.0570. The minimum Gasteiger partial charge on any atom is -0.373 e. The van der Waals surface area contributed by atoms with E-state index >= 15 is 0 Å². The van der Waals surface area contributed by atoms with Gasteiger partial charge in [0.05, 0.1) is 50.4 Å². The maximum absolute atomic E-state index is 13.7. The molecule has 4 heterocycles. The third-order valence-corrected chi connectivity index (χ3v) is 8.68. The van der Waals surface area contributed by atoms with Crippen LogP contribution in [0.25, 0.3) is 10.9 Å². The van der Waals surface area contributed by atoms with E-state index in [0.717, 1.165) is 37.2 Å². The summed E-state index contributed by atoms with van der Waals surface area (Å²) in [6.45, 7) is 15.2. The van der Waals surface area contributed by atoms with Gasteiger partial charge < -0.3 is 16.1 Å². The number of benzene rings is 1. The van der Waals surface area contributed by atoms with Crippen molar-refractivity contribution in [2.45, 2.75) is 58.2 Å². The third-order valence-electron chi connectivity index (χ3n) is 8.13. The van der Waals surface area contributed by atoms with Gasteiger partial charge in [0.25, 0.3) is 0 Å². The molecule has 12 heteroatoms. The quantitative estimate of drug-likeness (QED) is 0.136. The van der Waals surface area contributed by atoms with Crippen LogP contribution in [0, 0.1) is 17.3 Å². The van der Waals surface area contributed by atoms with E-state index in [-0.39, 0.29) is 22.2 Å². The second-order valence-corrected chi connectivity index (χ2v) is 13.1. The molecule has 240 valence electrons. The maximum atomic E-state index is 13.7. The van der Waals surface area contributed by atoms with Gasteiger partial charge in [-0.05, 0) is 64.3 Å². The maximum Gasteiger partial charge on any atom is 0.231 e. The highest BCUT2D eigenvalue weighted by atomic mass is 35.5.